The molecule has 8 heteroatoms. The Morgan fingerprint density at radius 2 is 1.93 bits per heavy atom. The highest BCUT2D eigenvalue weighted by Crippen LogP contribution is 2.28. The van der Waals surface area contributed by atoms with Gasteiger partial charge in [0.25, 0.3) is 0 Å². The summed E-state index contributed by atoms with van der Waals surface area (Å²) in [5.41, 5.74) is 2.27. The van der Waals surface area contributed by atoms with Crippen molar-refractivity contribution < 1.29 is 22.3 Å². The molecule has 0 N–H and O–H groups in total. The molecule has 0 saturated heterocycles. The first-order valence-electron chi connectivity index (χ1n) is 9.05. The van der Waals surface area contributed by atoms with E-state index in [1.54, 1.807) is 11.8 Å². The summed E-state index contributed by atoms with van der Waals surface area (Å²) >= 11 is 0. The summed E-state index contributed by atoms with van der Waals surface area (Å²) in [5.74, 6) is -0.927. The van der Waals surface area contributed by atoms with Gasteiger partial charge in [-0.05, 0) is 35.7 Å². The number of fused-ring (bicyclic) bond motifs is 1. The molecule has 0 aliphatic carbocycles. The van der Waals surface area contributed by atoms with E-state index < -0.39 is 15.8 Å². The molecule has 2 aromatic rings. The first kappa shape index (κ1) is 20.3. The van der Waals surface area contributed by atoms with Gasteiger partial charge < -0.3 is 9.64 Å². The van der Waals surface area contributed by atoms with Crippen molar-refractivity contribution in [3.63, 3.8) is 0 Å². The molecular formula is C20H23FN2O4S. The van der Waals surface area contributed by atoms with Gasteiger partial charge in [0.2, 0.25) is 15.9 Å². The van der Waals surface area contributed by atoms with Crippen LogP contribution in [-0.2, 0) is 27.8 Å². The highest BCUT2D eigenvalue weighted by molar-refractivity contribution is 7.89. The summed E-state index contributed by atoms with van der Waals surface area (Å²) in [6.07, 6.45) is 0.735. The van der Waals surface area contributed by atoms with E-state index in [4.69, 9.17) is 4.74 Å². The van der Waals surface area contributed by atoms with Crippen molar-refractivity contribution in [2.24, 2.45) is 0 Å². The maximum absolute atomic E-state index is 13.7. The van der Waals surface area contributed by atoms with Gasteiger partial charge in [-0.2, -0.15) is 4.31 Å². The predicted molar refractivity (Wildman–Crippen MR) is 103 cm³/mol. The number of likely N-dealkylation sites (N-methyl/N-ethyl adjacent to an activating group) is 1. The number of halogens is 1. The minimum atomic E-state index is -4.09. The Hall–Kier alpha value is -2.45. The first-order valence-corrected chi connectivity index (χ1v) is 10.5. The highest BCUT2D eigenvalue weighted by Gasteiger charge is 2.31. The van der Waals surface area contributed by atoms with Crippen LogP contribution in [0.5, 0.6) is 5.75 Å². The molecule has 1 aliphatic heterocycles. The Labute approximate surface area is 164 Å². The maximum atomic E-state index is 13.7. The molecule has 0 unspecified atom stereocenters. The molecule has 150 valence electrons. The van der Waals surface area contributed by atoms with Crippen LogP contribution in [0.15, 0.2) is 47.4 Å². The third kappa shape index (κ3) is 4.02. The summed E-state index contributed by atoms with van der Waals surface area (Å²) in [5, 5.41) is 0. The zero-order valence-corrected chi connectivity index (χ0v) is 16.7. The Balaban J connectivity index is 1.80. The average molecular weight is 406 g/mol. The molecule has 0 saturated carbocycles. The van der Waals surface area contributed by atoms with Gasteiger partial charge in [0.05, 0.1) is 13.7 Å². The number of carbonyl (C=O) groups is 1. The van der Waals surface area contributed by atoms with E-state index in [0.717, 1.165) is 28.4 Å². The van der Waals surface area contributed by atoms with Crippen LogP contribution < -0.4 is 4.74 Å². The van der Waals surface area contributed by atoms with E-state index in [2.05, 4.69) is 0 Å². The number of rotatable bonds is 6. The fraction of sp³-hybridized carbons (Fsp3) is 0.350. The topological polar surface area (TPSA) is 66.9 Å². The molecule has 0 aromatic heterocycles. The molecule has 28 heavy (non-hydrogen) atoms. The van der Waals surface area contributed by atoms with Crippen LogP contribution >= 0.6 is 0 Å². The maximum Gasteiger partial charge on any atom is 0.247 e. The molecule has 0 bridgehead atoms. The number of carbonyl (C=O) groups excluding carboxylic acids is 1. The number of methoxy groups -OCH3 is 1. The predicted octanol–water partition coefficient (Wildman–Crippen LogP) is 2.43. The van der Waals surface area contributed by atoms with E-state index in [1.807, 2.05) is 24.3 Å². The lowest BCUT2D eigenvalue weighted by atomic mass is 10.00. The molecule has 1 amide bonds. The van der Waals surface area contributed by atoms with Gasteiger partial charge >= 0.3 is 0 Å². The lowest BCUT2D eigenvalue weighted by Gasteiger charge is -2.31. The molecule has 6 nitrogen and oxygen atoms in total. The third-order valence-corrected chi connectivity index (χ3v) is 6.83. The molecule has 0 radical (unpaired) electrons. The van der Waals surface area contributed by atoms with E-state index in [9.17, 15) is 17.6 Å². The summed E-state index contributed by atoms with van der Waals surface area (Å²) < 4.78 is 45.8. The van der Waals surface area contributed by atoms with Crippen LogP contribution in [0.3, 0.4) is 0 Å². The number of benzene rings is 2. The monoisotopic (exact) mass is 406 g/mol. The summed E-state index contributed by atoms with van der Waals surface area (Å²) in [6.45, 7) is 2.41. The minimum absolute atomic E-state index is 0.0409. The summed E-state index contributed by atoms with van der Waals surface area (Å²) in [6, 6.07) is 11.2. The van der Waals surface area contributed by atoms with Crippen LogP contribution in [0.4, 0.5) is 4.39 Å². The van der Waals surface area contributed by atoms with Crippen LogP contribution in [0.2, 0.25) is 0 Å². The smallest absolute Gasteiger partial charge is 0.247 e. The van der Waals surface area contributed by atoms with Gasteiger partial charge in [0, 0.05) is 19.6 Å². The molecule has 1 aliphatic rings. The van der Waals surface area contributed by atoms with Crippen molar-refractivity contribution in [3.05, 3.63) is 59.4 Å². The second-order valence-corrected chi connectivity index (χ2v) is 8.47. The first-order chi connectivity index (χ1) is 13.4. The second-order valence-electron chi connectivity index (χ2n) is 6.56. The van der Waals surface area contributed by atoms with Gasteiger partial charge in [0.1, 0.15) is 16.5 Å². The van der Waals surface area contributed by atoms with E-state index in [1.165, 1.54) is 18.7 Å². The lowest BCUT2D eigenvalue weighted by Crippen LogP contribution is -2.44. The van der Waals surface area contributed by atoms with Crippen LogP contribution in [-0.4, -0.2) is 50.3 Å². The fourth-order valence-corrected chi connectivity index (χ4v) is 4.88. The zero-order chi connectivity index (χ0) is 20.3. The van der Waals surface area contributed by atoms with Crippen molar-refractivity contribution in [2.75, 3.05) is 26.7 Å². The van der Waals surface area contributed by atoms with Crippen molar-refractivity contribution in [1.29, 1.82) is 0 Å². The van der Waals surface area contributed by atoms with Crippen LogP contribution in [0, 0.1) is 5.82 Å². The number of sulfonamides is 1. The molecule has 0 spiro atoms. The van der Waals surface area contributed by atoms with Gasteiger partial charge in [-0.1, -0.05) is 31.2 Å². The van der Waals surface area contributed by atoms with E-state index in [0.29, 0.717) is 13.1 Å². The fourth-order valence-electron chi connectivity index (χ4n) is 3.32. The van der Waals surface area contributed by atoms with Gasteiger partial charge in [-0.15, -0.1) is 0 Å². The molecule has 3 rings (SSSR count). The molecular weight excluding hydrogens is 383 g/mol. The lowest BCUT2D eigenvalue weighted by molar-refractivity contribution is -0.132. The molecule has 2 aromatic carbocycles. The molecule has 0 fully saturated rings. The second kappa shape index (κ2) is 8.28. The van der Waals surface area contributed by atoms with Gasteiger partial charge in [-0.25, -0.2) is 12.8 Å². The van der Waals surface area contributed by atoms with Gasteiger partial charge in [0.15, 0.2) is 0 Å². The SMILES string of the molecule is CCN(CC(=O)N1CCc2ccccc2C1)S(=O)(=O)c1cc(F)ccc1OC. The van der Waals surface area contributed by atoms with Crippen LogP contribution in [0.25, 0.3) is 0 Å². The Bertz CT molecular complexity index is 978. The van der Waals surface area contributed by atoms with Gasteiger partial charge in [-0.3, -0.25) is 4.79 Å². The Morgan fingerprint density at radius 1 is 1.21 bits per heavy atom. The molecule has 0 atom stereocenters. The van der Waals surface area contributed by atoms with Crippen LogP contribution in [0.1, 0.15) is 18.1 Å². The number of ether oxygens (including phenoxy) is 1. The molecule has 1 heterocycles. The summed E-state index contributed by atoms with van der Waals surface area (Å²) in [7, 11) is -2.77. The standard InChI is InChI=1S/C20H23FN2O4S/c1-3-23(28(25,26)19-12-17(21)8-9-18(19)27-2)14-20(24)22-11-10-15-6-4-5-7-16(15)13-22/h4-9,12H,3,10-11,13-14H2,1-2H3. The van der Waals surface area contributed by atoms with E-state index in [-0.39, 0.29) is 29.6 Å². The highest BCUT2D eigenvalue weighted by atomic mass is 32.2. The Morgan fingerprint density at radius 3 is 2.61 bits per heavy atom. The average Bonchev–Trinajstić information content (AvgIpc) is 2.71. The van der Waals surface area contributed by atoms with E-state index >= 15 is 0 Å². The largest absolute Gasteiger partial charge is 0.495 e. The quantitative estimate of drug-likeness (QED) is 0.739. The number of hydrogen-bond donors (Lipinski definition) is 0. The number of hydrogen-bond acceptors (Lipinski definition) is 4. The van der Waals surface area contributed by atoms with Crippen molar-refractivity contribution in [2.45, 2.75) is 24.8 Å². The zero-order valence-electron chi connectivity index (χ0n) is 15.9. The third-order valence-electron chi connectivity index (χ3n) is 4.89. The van der Waals surface area contributed by atoms with Crippen molar-refractivity contribution in [1.82, 2.24) is 9.21 Å². The van der Waals surface area contributed by atoms with Crippen molar-refractivity contribution >= 4 is 15.9 Å². The normalized spacial score (nSPS) is 14.1. The number of amides is 1. The Kier molecular flexibility index (Phi) is 6.00. The summed E-state index contributed by atoms with van der Waals surface area (Å²) in [4.78, 5) is 14.2. The number of nitrogens with zero attached hydrogens (tertiary/aromatic N) is 2. The minimum Gasteiger partial charge on any atom is -0.495 e. The van der Waals surface area contributed by atoms with Crippen molar-refractivity contribution in [3.8, 4) is 5.75 Å².